The lowest BCUT2D eigenvalue weighted by atomic mass is 10.1. The predicted molar refractivity (Wildman–Crippen MR) is 72.7 cm³/mol. The van der Waals surface area contributed by atoms with Gasteiger partial charge < -0.3 is 14.4 Å². The largest absolute Gasteiger partial charge is 0.484 e. The van der Waals surface area contributed by atoms with Gasteiger partial charge >= 0.3 is 0 Å². The average molecular weight is 295 g/mol. The van der Waals surface area contributed by atoms with Crippen LogP contribution in [0.25, 0.3) is 0 Å². The number of hydrogen-bond donors (Lipinski definition) is 1. The Bertz CT molecular complexity index is 608. The molecule has 0 bridgehead atoms. The van der Waals surface area contributed by atoms with Gasteiger partial charge in [-0.05, 0) is 37.5 Å². The van der Waals surface area contributed by atoms with Crippen LogP contribution in [-0.4, -0.2) is 15.2 Å². The predicted octanol–water partition coefficient (Wildman–Crippen LogP) is 3.23. The molecule has 106 valence electrons. The topological polar surface area (TPSA) is 68.4 Å². The summed E-state index contributed by atoms with van der Waals surface area (Å²) < 4.78 is 10.7. The average Bonchev–Trinajstić information content (AvgIpc) is 3.17. The molecule has 1 aliphatic carbocycles. The van der Waals surface area contributed by atoms with Crippen molar-refractivity contribution in [3.63, 3.8) is 0 Å². The van der Waals surface area contributed by atoms with E-state index in [9.17, 15) is 5.11 Å². The molecule has 1 N–H and O–H groups in total. The minimum atomic E-state index is -0.556. The Morgan fingerprint density at radius 1 is 1.50 bits per heavy atom. The van der Waals surface area contributed by atoms with E-state index < -0.39 is 6.10 Å². The van der Waals surface area contributed by atoms with Crippen LogP contribution >= 0.6 is 11.6 Å². The highest BCUT2D eigenvalue weighted by atomic mass is 35.5. The van der Waals surface area contributed by atoms with E-state index in [4.69, 9.17) is 20.9 Å². The number of aliphatic hydroxyl groups is 1. The molecule has 1 saturated carbocycles. The standard InChI is InChI=1S/C14H15ClN2O3/c1-8(18)10-4-5-12(11(15)6-10)19-7-13-16-14(20-17-13)9-2-3-9/h4-6,8-9,18H,2-3,7H2,1H3/t8-/m1/s1. The van der Waals surface area contributed by atoms with Crippen LogP contribution in [0.1, 0.15) is 49.1 Å². The molecule has 6 heteroatoms. The quantitative estimate of drug-likeness (QED) is 0.917. The van der Waals surface area contributed by atoms with E-state index >= 15 is 0 Å². The van der Waals surface area contributed by atoms with Gasteiger partial charge in [-0.1, -0.05) is 22.8 Å². The molecule has 1 aromatic heterocycles. The van der Waals surface area contributed by atoms with Crippen molar-refractivity contribution in [1.29, 1.82) is 0 Å². The third-order valence-corrected chi connectivity index (χ3v) is 3.50. The normalized spacial score (nSPS) is 16.1. The summed E-state index contributed by atoms with van der Waals surface area (Å²) in [6.45, 7) is 1.90. The van der Waals surface area contributed by atoms with Gasteiger partial charge in [-0.25, -0.2) is 0 Å². The minimum Gasteiger partial charge on any atom is -0.484 e. The second-order valence-electron chi connectivity index (χ2n) is 4.98. The molecular weight excluding hydrogens is 280 g/mol. The summed E-state index contributed by atoms with van der Waals surface area (Å²) in [6, 6.07) is 5.19. The zero-order valence-corrected chi connectivity index (χ0v) is 11.8. The maximum absolute atomic E-state index is 9.48. The third kappa shape index (κ3) is 2.94. The Labute approximate surface area is 121 Å². The zero-order chi connectivity index (χ0) is 14.1. The summed E-state index contributed by atoms with van der Waals surface area (Å²) in [4.78, 5) is 4.28. The molecule has 0 unspecified atom stereocenters. The van der Waals surface area contributed by atoms with Crippen LogP contribution in [0.3, 0.4) is 0 Å². The summed E-state index contributed by atoms with van der Waals surface area (Å²) in [6.07, 6.45) is 1.68. The smallest absolute Gasteiger partial charge is 0.229 e. The number of ether oxygens (including phenoxy) is 1. The van der Waals surface area contributed by atoms with Crippen LogP contribution in [0.4, 0.5) is 0 Å². The first kappa shape index (κ1) is 13.4. The molecule has 1 aromatic carbocycles. The van der Waals surface area contributed by atoms with Crippen LogP contribution in [-0.2, 0) is 6.61 Å². The maximum Gasteiger partial charge on any atom is 0.229 e. The first-order valence-electron chi connectivity index (χ1n) is 6.56. The molecule has 20 heavy (non-hydrogen) atoms. The van der Waals surface area contributed by atoms with E-state index in [0.29, 0.717) is 28.4 Å². The molecule has 0 radical (unpaired) electrons. The van der Waals surface area contributed by atoms with E-state index in [-0.39, 0.29) is 6.61 Å². The zero-order valence-electron chi connectivity index (χ0n) is 11.0. The van der Waals surface area contributed by atoms with Crippen LogP contribution in [0, 0.1) is 0 Å². The van der Waals surface area contributed by atoms with Gasteiger partial charge in [0.2, 0.25) is 11.7 Å². The van der Waals surface area contributed by atoms with Gasteiger partial charge in [-0.3, -0.25) is 0 Å². The van der Waals surface area contributed by atoms with E-state index in [2.05, 4.69) is 10.1 Å². The van der Waals surface area contributed by atoms with Crippen LogP contribution in [0.5, 0.6) is 5.75 Å². The highest BCUT2D eigenvalue weighted by Crippen LogP contribution is 2.38. The number of hydrogen-bond acceptors (Lipinski definition) is 5. The third-order valence-electron chi connectivity index (χ3n) is 3.21. The lowest BCUT2D eigenvalue weighted by Gasteiger charge is -2.09. The summed E-state index contributed by atoms with van der Waals surface area (Å²) in [5.41, 5.74) is 0.748. The first-order chi connectivity index (χ1) is 9.63. The Morgan fingerprint density at radius 2 is 2.30 bits per heavy atom. The number of rotatable bonds is 5. The molecule has 1 fully saturated rings. The van der Waals surface area contributed by atoms with Crippen molar-refractivity contribution >= 4 is 11.6 Å². The highest BCUT2D eigenvalue weighted by molar-refractivity contribution is 6.32. The monoisotopic (exact) mass is 294 g/mol. The van der Waals surface area contributed by atoms with Crippen molar-refractivity contribution in [2.75, 3.05) is 0 Å². The SMILES string of the molecule is C[C@@H](O)c1ccc(OCc2noc(C3CC3)n2)c(Cl)c1. The maximum atomic E-state index is 9.48. The molecule has 1 atom stereocenters. The van der Waals surface area contributed by atoms with Gasteiger partial charge in [-0.15, -0.1) is 0 Å². The second kappa shape index (κ2) is 5.42. The molecule has 0 aliphatic heterocycles. The van der Waals surface area contributed by atoms with Crippen molar-refractivity contribution in [3.05, 3.63) is 40.5 Å². The van der Waals surface area contributed by atoms with Crippen LogP contribution in [0.15, 0.2) is 22.7 Å². The van der Waals surface area contributed by atoms with E-state index in [0.717, 1.165) is 18.4 Å². The van der Waals surface area contributed by atoms with Crippen molar-refractivity contribution in [1.82, 2.24) is 10.1 Å². The number of aliphatic hydroxyl groups excluding tert-OH is 1. The van der Waals surface area contributed by atoms with E-state index in [1.807, 2.05) is 0 Å². The van der Waals surface area contributed by atoms with Crippen LogP contribution < -0.4 is 4.74 Å². The lowest BCUT2D eigenvalue weighted by Crippen LogP contribution is -1.99. The van der Waals surface area contributed by atoms with Gasteiger partial charge in [-0.2, -0.15) is 4.98 Å². The molecule has 0 amide bonds. The van der Waals surface area contributed by atoms with Gasteiger partial charge in [0.25, 0.3) is 0 Å². The summed E-state index contributed by atoms with van der Waals surface area (Å²) >= 11 is 6.10. The van der Waals surface area contributed by atoms with Crippen molar-refractivity contribution in [2.45, 2.75) is 38.4 Å². The van der Waals surface area contributed by atoms with Crippen LogP contribution in [0.2, 0.25) is 5.02 Å². The van der Waals surface area contributed by atoms with E-state index in [1.54, 1.807) is 25.1 Å². The molecule has 0 saturated heterocycles. The van der Waals surface area contributed by atoms with Crippen molar-refractivity contribution < 1.29 is 14.4 Å². The van der Waals surface area contributed by atoms with E-state index in [1.165, 1.54) is 0 Å². The number of nitrogens with zero attached hydrogens (tertiary/aromatic N) is 2. The molecule has 1 heterocycles. The minimum absolute atomic E-state index is 0.212. The first-order valence-corrected chi connectivity index (χ1v) is 6.94. The Hall–Kier alpha value is -1.59. The summed E-state index contributed by atoms with van der Waals surface area (Å²) in [5, 5.41) is 13.8. The Kier molecular flexibility index (Phi) is 3.63. The van der Waals surface area contributed by atoms with Gasteiger partial charge in [0.05, 0.1) is 11.1 Å². The fourth-order valence-corrected chi connectivity index (χ4v) is 2.10. The number of benzene rings is 1. The molecular formula is C14H15ClN2O3. The Balaban J connectivity index is 1.65. The second-order valence-corrected chi connectivity index (χ2v) is 5.38. The molecule has 1 aliphatic rings. The van der Waals surface area contributed by atoms with Gasteiger partial charge in [0.1, 0.15) is 5.75 Å². The lowest BCUT2D eigenvalue weighted by molar-refractivity contribution is 0.199. The van der Waals surface area contributed by atoms with Gasteiger partial charge in [0.15, 0.2) is 6.61 Å². The summed E-state index contributed by atoms with van der Waals surface area (Å²) in [5.74, 6) is 2.18. The number of aromatic nitrogens is 2. The Morgan fingerprint density at radius 3 is 2.95 bits per heavy atom. The summed E-state index contributed by atoms with van der Waals surface area (Å²) in [7, 11) is 0. The fourth-order valence-electron chi connectivity index (χ4n) is 1.86. The molecule has 5 nitrogen and oxygen atoms in total. The van der Waals surface area contributed by atoms with Gasteiger partial charge in [0, 0.05) is 5.92 Å². The van der Waals surface area contributed by atoms with Crippen molar-refractivity contribution in [3.8, 4) is 5.75 Å². The number of halogens is 1. The molecule has 0 spiro atoms. The fraction of sp³-hybridized carbons (Fsp3) is 0.429. The van der Waals surface area contributed by atoms with Crippen molar-refractivity contribution in [2.24, 2.45) is 0 Å². The molecule has 3 rings (SSSR count). The highest BCUT2D eigenvalue weighted by Gasteiger charge is 2.29. The molecule has 2 aromatic rings.